The van der Waals surface area contributed by atoms with E-state index in [0.717, 1.165) is 0 Å². The second kappa shape index (κ2) is 8.55. The lowest BCUT2D eigenvalue weighted by molar-refractivity contribution is 1.37. The lowest BCUT2D eigenvalue weighted by Crippen LogP contribution is -1.99. The Balaban J connectivity index is 1.98. The molecule has 0 nitrogen and oxygen atoms in total. The van der Waals surface area contributed by atoms with Gasteiger partial charge in [0.25, 0.3) is 0 Å². The maximum Gasteiger partial charge on any atom is -0.00734 e. The van der Waals surface area contributed by atoms with Crippen LogP contribution in [-0.2, 0) is 0 Å². The maximum atomic E-state index is 2.34. The monoisotopic (exact) mass is 388 g/mol. The SMILES string of the molecule is C/C=C(/C(C)=C(\c1ccccc1)c1ccccc1C)c1cc2ccccc2cc1C. The van der Waals surface area contributed by atoms with E-state index in [1.807, 2.05) is 0 Å². The van der Waals surface area contributed by atoms with E-state index in [0.29, 0.717) is 0 Å². The summed E-state index contributed by atoms with van der Waals surface area (Å²) in [5, 5.41) is 2.57. The van der Waals surface area contributed by atoms with E-state index in [2.05, 4.69) is 125 Å². The molecule has 0 radical (unpaired) electrons. The van der Waals surface area contributed by atoms with Gasteiger partial charge >= 0.3 is 0 Å². The third kappa shape index (κ3) is 3.74. The minimum atomic E-state index is 1.25. The van der Waals surface area contributed by atoms with Gasteiger partial charge in [-0.2, -0.15) is 0 Å². The fourth-order valence-corrected chi connectivity index (χ4v) is 4.39. The Bertz CT molecular complexity index is 1250. The molecule has 0 N–H and O–H groups in total. The molecule has 0 saturated heterocycles. The molecule has 0 heteroatoms. The number of rotatable bonds is 4. The van der Waals surface area contributed by atoms with Gasteiger partial charge in [-0.25, -0.2) is 0 Å². The van der Waals surface area contributed by atoms with E-state index in [4.69, 9.17) is 0 Å². The fraction of sp³-hybridized carbons (Fsp3) is 0.133. The van der Waals surface area contributed by atoms with Crippen LogP contribution in [0.15, 0.2) is 103 Å². The number of fused-ring (bicyclic) bond motifs is 1. The van der Waals surface area contributed by atoms with E-state index >= 15 is 0 Å². The van der Waals surface area contributed by atoms with Crippen molar-refractivity contribution < 1.29 is 0 Å². The summed E-state index contributed by atoms with van der Waals surface area (Å²) in [5.41, 5.74) is 10.3. The molecule has 4 aromatic rings. The lowest BCUT2D eigenvalue weighted by atomic mass is 9.84. The summed E-state index contributed by atoms with van der Waals surface area (Å²) in [4.78, 5) is 0. The summed E-state index contributed by atoms with van der Waals surface area (Å²) >= 11 is 0. The third-order valence-electron chi connectivity index (χ3n) is 5.93. The Morgan fingerprint density at radius 3 is 1.90 bits per heavy atom. The van der Waals surface area contributed by atoms with Gasteiger partial charge in [-0.3, -0.25) is 0 Å². The normalized spacial score (nSPS) is 12.7. The summed E-state index contributed by atoms with van der Waals surface area (Å²) in [6.45, 7) is 8.82. The van der Waals surface area contributed by atoms with Crippen LogP contribution >= 0.6 is 0 Å². The predicted molar refractivity (Wildman–Crippen MR) is 132 cm³/mol. The maximum absolute atomic E-state index is 2.34. The van der Waals surface area contributed by atoms with Crippen LogP contribution < -0.4 is 0 Å². The Kier molecular flexibility index (Phi) is 5.68. The molecule has 0 fully saturated rings. The average molecular weight is 389 g/mol. The molecule has 0 spiro atoms. The first-order valence-electron chi connectivity index (χ1n) is 10.6. The molecule has 0 aliphatic heterocycles. The van der Waals surface area contributed by atoms with Gasteiger partial charge in [0.05, 0.1) is 0 Å². The Hall–Kier alpha value is -3.38. The van der Waals surface area contributed by atoms with Crippen molar-refractivity contribution in [1.29, 1.82) is 0 Å². The van der Waals surface area contributed by atoms with E-state index in [1.165, 1.54) is 55.3 Å². The zero-order chi connectivity index (χ0) is 21.1. The minimum Gasteiger partial charge on any atom is -0.0795 e. The Labute approximate surface area is 180 Å². The predicted octanol–water partition coefficient (Wildman–Crippen LogP) is 8.38. The molecule has 0 atom stereocenters. The van der Waals surface area contributed by atoms with Crippen LogP contribution in [0.2, 0.25) is 0 Å². The summed E-state index contributed by atoms with van der Waals surface area (Å²) in [6.07, 6.45) is 2.26. The molecule has 0 amide bonds. The molecule has 0 aromatic heterocycles. The molecule has 30 heavy (non-hydrogen) atoms. The number of hydrogen-bond acceptors (Lipinski definition) is 0. The molecule has 0 aliphatic carbocycles. The molecule has 0 heterocycles. The first-order valence-corrected chi connectivity index (χ1v) is 10.6. The second-order valence-corrected chi connectivity index (χ2v) is 7.90. The molecule has 148 valence electrons. The molecule has 0 saturated carbocycles. The van der Waals surface area contributed by atoms with Crippen LogP contribution in [0.1, 0.15) is 41.7 Å². The van der Waals surface area contributed by atoms with Crippen molar-refractivity contribution >= 4 is 21.9 Å². The molecule has 0 aliphatic rings. The second-order valence-electron chi connectivity index (χ2n) is 7.90. The average Bonchev–Trinajstić information content (AvgIpc) is 2.77. The highest BCUT2D eigenvalue weighted by molar-refractivity contribution is 5.98. The Morgan fingerprint density at radius 1 is 0.633 bits per heavy atom. The van der Waals surface area contributed by atoms with Gasteiger partial charge in [0.15, 0.2) is 0 Å². The van der Waals surface area contributed by atoms with E-state index in [1.54, 1.807) is 0 Å². The standard InChI is InChI=1S/C30H28/c1-5-27(29-20-26-17-11-10-16-25(26)19-22(29)3)23(4)30(24-14-7-6-8-15-24)28-18-12-9-13-21(28)2/h5-20H,1-4H3/b27-5-,30-23+. The van der Waals surface area contributed by atoms with Gasteiger partial charge in [-0.15, -0.1) is 0 Å². The van der Waals surface area contributed by atoms with E-state index < -0.39 is 0 Å². The highest BCUT2D eigenvalue weighted by Gasteiger charge is 2.16. The van der Waals surface area contributed by atoms with Crippen molar-refractivity contribution in [2.45, 2.75) is 27.7 Å². The van der Waals surface area contributed by atoms with Crippen LogP contribution in [0.5, 0.6) is 0 Å². The van der Waals surface area contributed by atoms with Crippen molar-refractivity contribution in [2.24, 2.45) is 0 Å². The van der Waals surface area contributed by atoms with Crippen LogP contribution in [0.25, 0.3) is 21.9 Å². The van der Waals surface area contributed by atoms with Crippen molar-refractivity contribution in [3.05, 3.63) is 130 Å². The number of aryl methyl sites for hydroxylation is 2. The van der Waals surface area contributed by atoms with Crippen molar-refractivity contribution in [3.8, 4) is 0 Å². The van der Waals surface area contributed by atoms with Crippen molar-refractivity contribution in [1.82, 2.24) is 0 Å². The van der Waals surface area contributed by atoms with Crippen LogP contribution in [-0.4, -0.2) is 0 Å². The quantitative estimate of drug-likeness (QED) is 0.308. The molecular weight excluding hydrogens is 360 g/mol. The number of hydrogen-bond donors (Lipinski definition) is 0. The summed E-state index contributed by atoms with van der Waals surface area (Å²) < 4.78 is 0. The Morgan fingerprint density at radius 2 is 1.23 bits per heavy atom. The van der Waals surface area contributed by atoms with Gasteiger partial charge in [0.1, 0.15) is 0 Å². The zero-order valence-electron chi connectivity index (χ0n) is 18.2. The van der Waals surface area contributed by atoms with Gasteiger partial charge < -0.3 is 0 Å². The number of benzene rings is 4. The molecular formula is C30H28. The van der Waals surface area contributed by atoms with Gasteiger partial charge in [0, 0.05) is 0 Å². The molecule has 4 rings (SSSR count). The van der Waals surface area contributed by atoms with Crippen molar-refractivity contribution in [3.63, 3.8) is 0 Å². The highest BCUT2D eigenvalue weighted by Crippen LogP contribution is 2.37. The topological polar surface area (TPSA) is 0 Å². The van der Waals surface area contributed by atoms with Crippen LogP contribution in [0, 0.1) is 13.8 Å². The third-order valence-corrected chi connectivity index (χ3v) is 5.93. The summed E-state index contributed by atoms with van der Waals surface area (Å²) in [5.74, 6) is 0. The first kappa shape index (κ1) is 19.9. The summed E-state index contributed by atoms with van der Waals surface area (Å²) in [7, 11) is 0. The van der Waals surface area contributed by atoms with E-state index in [9.17, 15) is 0 Å². The molecule has 0 unspecified atom stereocenters. The molecule has 4 aromatic carbocycles. The highest BCUT2D eigenvalue weighted by atomic mass is 14.2. The first-order chi connectivity index (χ1) is 14.6. The molecule has 0 bridgehead atoms. The van der Waals surface area contributed by atoms with Gasteiger partial charge in [0.2, 0.25) is 0 Å². The lowest BCUT2D eigenvalue weighted by Gasteiger charge is -2.20. The van der Waals surface area contributed by atoms with Crippen molar-refractivity contribution in [2.75, 3.05) is 0 Å². The smallest absolute Gasteiger partial charge is 0.00734 e. The van der Waals surface area contributed by atoms with Crippen LogP contribution in [0.4, 0.5) is 0 Å². The zero-order valence-corrected chi connectivity index (χ0v) is 18.2. The largest absolute Gasteiger partial charge is 0.0795 e. The van der Waals surface area contributed by atoms with Gasteiger partial charge in [-0.1, -0.05) is 91.0 Å². The number of allylic oxidation sites excluding steroid dienone is 3. The van der Waals surface area contributed by atoms with Gasteiger partial charge in [-0.05, 0) is 89.1 Å². The summed E-state index contributed by atoms with van der Waals surface area (Å²) in [6, 6.07) is 32.7. The van der Waals surface area contributed by atoms with Crippen LogP contribution in [0.3, 0.4) is 0 Å². The van der Waals surface area contributed by atoms with E-state index in [-0.39, 0.29) is 0 Å². The fourth-order valence-electron chi connectivity index (χ4n) is 4.39. The minimum absolute atomic E-state index is 1.25.